The van der Waals surface area contributed by atoms with Gasteiger partial charge in [0.25, 0.3) is 0 Å². The third-order valence-electron chi connectivity index (χ3n) is 3.60. The van der Waals surface area contributed by atoms with Gasteiger partial charge in [0.2, 0.25) is 11.1 Å². The number of amides is 1. The summed E-state index contributed by atoms with van der Waals surface area (Å²) in [4.78, 5) is 16.5. The number of carbonyl (C=O) groups is 1. The number of hydrogen-bond donors (Lipinski definition) is 2. The second-order valence-electron chi connectivity index (χ2n) is 5.50. The van der Waals surface area contributed by atoms with Gasteiger partial charge < -0.3 is 10.1 Å². The highest BCUT2D eigenvalue weighted by molar-refractivity contribution is 7.99. The lowest BCUT2D eigenvalue weighted by atomic mass is 10.2. The monoisotopic (exact) mass is 388 g/mol. The molecule has 0 spiro atoms. The zero-order valence-corrected chi connectivity index (χ0v) is 15.8. The third-order valence-corrected chi connectivity index (χ3v) is 4.87. The van der Waals surface area contributed by atoms with Crippen molar-refractivity contribution in [3.8, 4) is 17.1 Å². The Hall–Kier alpha value is -2.51. The number of H-pyrrole nitrogens is 1. The molecule has 1 aromatic heterocycles. The molecule has 0 aliphatic heterocycles. The predicted molar refractivity (Wildman–Crippen MR) is 104 cm³/mol. The number of halogens is 1. The van der Waals surface area contributed by atoms with Gasteiger partial charge in [0.05, 0.1) is 12.9 Å². The largest absolute Gasteiger partial charge is 0.497 e. The van der Waals surface area contributed by atoms with Crippen molar-refractivity contribution in [2.45, 2.75) is 12.1 Å². The van der Waals surface area contributed by atoms with Gasteiger partial charge in [-0.3, -0.25) is 9.89 Å². The summed E-state index contributed by atoms with van der Waals surface area (Å²) in [6.07, 6.45) is 0. The van der Waals surface area contributed by atoms with Crippen molar-refractivity contribution in [1.29, 1.82) is 0 Å². The molecule has 3 aromatic rings. The molecule has 0 bridgehead atoms. The molecule has 0 fully saturated rings. The second-order valence-corrected chi connectivity index (χ2v) is 6.85. The first-order valence-corrected chi connectivity index (χ1v) is 9.17. The van der Waals surface area contributed by atoms with Gasteiger partial charge in [-0.05, 0) is 55.0 Å². The minimum atomic E-state index is -0.132. The number of anilines is 1. The summed E-state index contributed by atoms with van der Waals surface area (Å²) in [6.45, 7) is 1.89. The Morgan fingerprint density at radius 1 is 1.27 bits per heavy atom. The predicted octanol–water partition coefficient (Wildman–Crippen LogP) is 4.17. The molecule has 26 heavy (non-hydrogen) atoms. The van der Waals surface area contributed by atoms with Crippen molar-refractivity contribution in [1.82, 2.24) is 15.2 Å². The number of aryl methyl sites for hydroxylation is 1. The normalized spacial score (nSPS) is 10.6. The number of methoxy groups -OCH3 is 1. The molecule has 0 unspecified atom stereocenters. The molecule has 8 heteroatoms. The first-order chi connectivity index (χ1) is 12.5. The minimum absolute atomic E-state index is 0.132. The van der Waals surface area contributed by atoms with E-state index in [9.17, 15) is 4.79 Å². The lowest BCUT2D eigenvalue weighted by molar-refractivity contribution is -0.113. The Morgan fingerprint density at radius 3 is 2.73 bits per heavy atom. The van der Waals surface area contributed by atoms with Crippen LogP contribution in [0.25, 0.3) is 11.4 Å². The molecule has 0 aliphatic carbocycles. The van der Waals surface area contributed by atoms with Gasteiger partial charge in [-0.1, -0.05) is 23.4 Å². The summed E-state index contributed by atoms with van der Waals surface area (Å²) in [7, 11) is 1.62. The first kappa shape index (κ1) is 18.3. The molecule has 1 heterocycles. The fourth-order valence-corrected chi connectivity index (χ4v) is 2.95. The summed E-state index contributed by atoms with van der Waals surface area (Å²) < 4.78 is 5.14. The van der Waals surface area contributed by atoms with Gasteiger partial charge in [-0.25, -0.2) is 4.98 Å². The van der Waals surface area contributed by atoms with E-state index in [1.165, 1.54) is 11.8 Å². The van der Waals surface area contributed by atoms with E-state index in [4.69, 9.17) is 16.3 Å². The van der Waals surface area contributed by atoms with Gasteiger partial charge in [-0.2, -0.15) is 0 Å². The zero-order chi connectivity index (χ0) is 18.5. The Bertz CT molecular complexity index is 912. The maximum absolute atomic E-state index is 12.1. The highest BCUT2D eigenvalue weighted by Gasteiger charge is 2.10. The lowest BCUT2D eigenvalue weighted by Gasteiger charge is -2.06. The van der Waals surface area contributed by atoms with Crippen molar-refractivity contribution in [2.75, 3.05) is 18.2 Å². The number of carbonyl (C=O) groups excluding carboxylic acids is 1. The fraction of sp³-hybridized carbons (Fsp3) is 0.167. The second kappa shape index (κ2) is 8.25. The average Bonchev–Trinajstić information content (AvgIpc) is 3.12. The molecule has 2 aromatic carbocycles. The van der Waals surface area contributed by atoms with Gasteiger partial charge in [-0.15, -0.1) is 5.10 Å². The number of thioether (sulfide) groups is 1. The standard InChI is InChI=1S/C18H17ClN4O2S/c1-11-9-13(5-8-15(11)19)20-16(24)10-26-18-21-17(22-23-18)12-3-6-14(25-2)7-4-12/h3-9H,10H2,1-2H3,(H,20,24)(H,21,22,23). The molecule has 6 nitrogen and oxygen atoms in total. The Balaban J connectivity index is 1.56. The molecule has 3 rings (SSSR count). The van der Waals surface area contributed by atoms with Gasteiger partial charge in [0, 0.05) is 16.3 Å². The number of aromatic amines is 1. The number of nitrogens with zero attached hydrogens (tertiary/aromatic N) is 2. The Labute approximate surface area is 160 Å². The average molecular weight is 389 g/mol. The van der Waals surface area contributed by atoms with Crippen LogP contribution >= 0.6 is 23.4 Å². The summed E-state index contributed by atoms with van der Waals surface area (Å²) in [5.74, 6) is 1.50. The smallest absolute Gasteiger partial charge is 0.234 e. The van der Waals surface area contributed by atoms with E-state index in [2.05, 4.69) is 20.5 Å². The van der Waals surface area contributed by atoms with Gasteiger partial charge in [0.15, 0.2) is 5.82 Å². The van der Waals surface area contributed by atoms with Crippen LogP contribution in [0.4, 0.5) is 5.69 Å². The summed E-state index contributed by atoms with van der Waals surface area (Å²) in [6, 6.07) is 12.9. The van der Waals surface area contributed by atoms with Crippen LogP contribution in [-0.2, 0) is 4.79 Å². The Morgan fingerprint density at radius 2 is 2.04 bits per heavy atom. The van der Waals surface area contributed by atoms with Crippen molar-refractivity contribution >= 4 is 35.0 Å². The summed E-state index contributed by atoms with van der Waals surface area (Å²) in [5.41, 5.74) is 2.52. The number of benzene rings is 2. The number of hydrogen-bond acceptors (Lipinski definition) is 5. The van der Waals surface area contributed by atoms with Gasteiger partial charge >= 0.3 is 0 Å². The third kappa shape index (κ3) is 4.56. The molecule has 0 atom stereocenters. The number of ether oxygens (including phenoxy) is 1. The van der Waals surface area contributed by atoms with E-state index in [1.807, 2.05) is 37.3 Å². The van der Waals surface area contributed by atoms with Crippen LogP contribution in [-0.4, -0.2) is 34.0 Å². The number of rotatable bonds is 6. The Kier molecular flexibility index (Phi) is 5.80. The SMILES string of the molecule is COc1ccc(-c2nc(SCC(=O)Nc3ccc(Cl)c(C)c3)n[nH]2)cc1. The van der Waals surface area contributed by atoms with Crippen LogP contribution in [0.15, 0.2) is 47.6 Å². The van der Waals surface area contributed by atoms with Crippen LogP contribution in [0.5, 0.6) is 5.75 Å². The molecule has 134 valence electrons. The van der Waals surface area contributed by atoms with Crippen LogP contribution in [0, 0.1) is 6.92 Å². The topological polar surface area (TPSA) is 79.9 Å². The van der Waals surface area contributed by atoms with E-state index in [0.717, 1.165) is 16.9 Å². The van der Waals surface area contributed by atoms with Crippen molar-refractivity contribution in [3.63, 3.8) is 0 Å². The van der Waals surface area contributed by atoms with Crippen molar-refractivity contribution in [2.24, 2.45) is 0 Å². The van der Waals surface area contributed by atoms with Crippen LogP contribution in [0.3, 0.4) is 0 Å². The summed E-state index contributed by atoms with van der Waals surface area (Å²) >= 11 is 7.25. The summed E-state index contributed by atoms with van der Waals surface area (Å²) in [5, 5.41) is 11.0. The minimum Gasteiger partial charge on any atom is -0.497 e. The molecular formula is C18H17ClN4O2S. The van der Waals surface area contributed by atoms with Crippen LogP contribution < -0.4 is 10.1 Å². The maximum Gasteiger partial charge on any atom is 0.234 e. The molecule has 0 saturated heterocycles. The van der Waals surface area contributed by atoms with E-state index in [-0.39, 0.29) is 11.7 Å². The van der Waals surface area contributed by atoms with E-state index in [1.54, 1.807) is 19.2 Å². The molecule has 1 amide bonds. The van der Waals surface area contributed by atoms with Crippen LogP contribution in [0.2, 0.25) is 5.02 Å². The molecule has 0 aliphatic rings. The molecule has 2 N–H and O–H groups in total. The quantitative estimate of drug-likeness (QED) is 0.619. The van der Waals surface area contributed by atoms with Crippen LogP contribution in [0.1, 0.15) is 5.56 Å². The zero-order valence-electron chi connectivity index (χ0n) is 14.2. The van der Waals surface area contributed by atoms with Crippen molar-refractivity contribution < 1.29 is 9.53 Å². The first-order valence-electron chi connectivity index (χ1n) is 7.81. The number of aromatic nitrogens is 3. The lowest BCUT2D eigenvalue weighted by Crippen LogP contribution is -2.14. The highest BCUT2D eigenvalue weighted by atomic mass is 35.5. The molecule has 0 radical (unpaired) electrons. The fourth-order valence-electron chi connectivity index (χ4n) is 2.24. The number of nitrogens with one attached hydrogen (secondary N) is 2. The molecular weight excluding hydrogens is 372 g/mol. The highest BCUT2D eigenvalue weighted by Crippen LogP contribution is 2.22. The maximum atomic E-state index is 12.1. The van der Waals surface area contributed by atoms with Crippen molar-refractivity contribution in [3.05, 3.63) is 53.1 Å². The van der Waals surface area contributed by atoms with Gasteiger partial charge in [0.1, 0.15) is 5.75 Å². The van der Waals surface area contributed by atoms with E-state index in [0.29, 0.717) is 21.7 Å². The molecule has 0 saturated carbocycles. The van der Waals surface area contributed by atoms with E-state index < -0.39 is 0 Å². The van der Waals surface area contributed by atoms with E-state index >= 15 is 0 Å².